The Bertz CT molecular complexity index is 1580. The molecule has 39 heavy (non-hydrogen) atoms. The third-order valence-electron chi connectivity index (χ3n) is 7.43. The van der Waals surface area contributed by atoms with Gasteiger partial charge in [0.15, 0.2) is 0 Å². The van der Waals surface area contributed by atoms with Gasteiger partial charge in [-0.3, -0.25) is 19.3 Å². The zero-order valence-corrected chi connectivity index (χ0v) is 23.1. The number of nitrogens with zero attached hydrogens (tertiary/aromatic N) is 4. The highest BCUT2D eigenvalue weighted by Crippen LogP contribution is 2.39. The van der Waals surface area contributed by atoms with Crippen molar-refractivity contribution in [3.05, 3.63) is 82.4 Å². The van der Waals surface area contributed by atoms with Crippen LogP contribution < -0.4 is 15.4 Å². The van der Waals surface area contributed by atoms with Crippen LogP contribution in [0.3, 0.4) is 0 Å². The van der Waals surface area contributed by atoms with Crippen LogP contribution in [0.25, 0.3) is 11.0 Å². The molecule has 204 valence electrons. The summed E-state index contributed by atoms with van der Waals surface area (Å²) in [5, 5.41) is 0.573. The minimum Gasteiger partial charge on any atom is -0.468 e. The van der Waals surface area contributed by atoms with E-state index in [1.165, 1.54) is 0 Å². The van der Waals surface area contributed by atoms with Crippen LogP contribution in [0, 0.1) is 12.3 Å². The number of rotatable bonds is 8. The summed E-state index contributed by atoms with van der Waals surface area (Å²) in [6.45, 7) is 9.74. The number of carbonyl (C=O) groups is 2. The van der Waals surface area contributed by atoms with Crippen LogP contribution in [0.1, 0.15) is 37.9 Å². The van der Waals surface area contributed by atoms with E-state index in [0.29, 0.717) is 55.1 Å². The molecule has 0 aliphatic carbocycles. The number of amides is 2. The number of carbonyl (C=O) groups excluding carboxylic acids is 2. The van der Waals surface area contributed by atoms with Gasteiger partial charge in [0, 0.05) is 39.4 Å². The van der Waals surface area contributed by atoms with E-state index in [1.807, 2.05) is 50.2 Å². The van der Waals surface area contributed by atoms with Gasteiger partial charge in [-0.1, -0.05) is 6.07 Å². The molecule has 4 aromatic rings. The molecule has 9 heteroatoms. The Labute approximate surface area is 227 Å². The Kier molecular flexibility index (Phi) is 6.94. The van der Waals surface area contributed by atoms with E-state index in [-0.39, 0.29) is 17.4 Å². The summed E-state index contributed by atoms with van der Waals surface area (Å²) in [5.41, 5.74) is 1.76. The van der Waals surface area contributed by atoms with Crippen LogP contribution in [0.2, 0.25) is 0 Å². The van der Waals surface area contributed by atoms with Gasteiger partial charge in [0.2, 0.25) is 11.8 Å². The second-order valence-electron chi connectivity index (χ2n) is 10.6. The van der Waals surface area contributed by atoms with Gasteiger partial charge in [-0.25, -0.2) is 0 Å². The number of benzene rings is 1. The van der Waals surface area contributed by atoms with Crippen LogP contribution in [0.5, 0.6) is 0 Å². The van der Waals surface area contributed by atoms with E-state index < -0.39 is 5.41 Å². The molecule has 3 aromatic heterocycles. The minimum absolute atomic E-state index is 0.0839. The van der Waals surface area contributed by atoms with Gasteiger partial charge in [-0.2, -0.15) is 0 Å². The van der Waals surface area contributed by atoms with Crippen molar-refractivity contribution in [3.8, 4) is 0 Å². The van der Waals surface area contributed by atoms with Crippen LogP contribution in [-0.2, 0) is 29.2 Å². The fourth-order valence-corrected chi connectivity index (χ4v) is 5.27. The lowest BCUT2D eigenvalue weighted by molar-refractivity contribution is -0.137. The molecule has 0 N–H and O–H groups in total. The van der Waals surface area contributed by atoms with E-state index in [2.05, 4.69) is 4.90 Å². The largest absolute Gasteiger partial charge is 0.468 e. The van der Waals surface area contributed by atoms with Gasteiger partial charge in [-0.15, -0.1) is 0 Å². The third-order valence-corrected chi connectivity index (χ3v) is 7.43. The molecule has 0 unspecified atom stereocenters. The van der Waals surface area contributed by atoms with Crippen molar-refractivity contribution in [2.45, 2.75) is 47.3 Å². The second-order valence-corrected chi connectivity index (χ2v) is 10.6. The van der Waals surface area contributed by atoms with Crippen molar-refractivity contribution in [2.75, 3.05) is 29.9 Å². The Morgan fingerprint density at radius 3 is 2.49 bits per heavy atom. The van der Waals surface area contributed by atoms with Crippen molar-refractivity contribution in [1.82, 2.24) is 9.47 Å². The lowest BCUT2D eigenvalue weighted by Gasteiger charge is -2.27. The number of aryl methyl sites for hydroxylation is 1. The first-order chi connectivity index (χ1) is 18.6. The summed E-state index contributed by atoms with van der Waals surface area (Å²) in [6, 6.07) is 13.3. The van der Waals surface area contributed by atoms with Gasteiger partial charge >= 0.3 is 0 Å². The number of furan rings is 2. The van der Waals surface area contributed by atoms with E-state index in [1.54, 1.807) is 53.8 Å². The lowest BCUT2D eigenvalue weighted by atomic mass is 9.90. The Hall–Kier alpha value is -4.11. The zero-order valence-electron chi connectivity index (χ0n) is 23.1. The predicted molar refractivity (Wildman–Crippen MR) is 150 cm³/mol. The number of hydrogen-bond donors (Lipinski definition) is 0. The average Bonchev–Trinajstić information content (AvgIpc) is 3.56. The van der Waals surface area contributed by atoms with Gasteiger partial charge < -0.3 is 23.2 Å². The minimum atomic E-state index is -1.16. The van der Waals surface area contributed by atoms with Gasteiger partial charge in [-0.05, 0) is 69.7 Å². The monoisotopic (exact) mass is 530 g/mol. The van der Waals surface area contributed by atoms with Crippen LogP contribution >= 0.6 is 0 Å². The maximum absolute atomic E-state index is 13.2. The number of pyridine rings is 1. The summed E-state index contributed by atoms with van der Waals surface area (Å²) in [7, 11) is 1.72. The number of anilines is 2. The standard InChI is InChI=1S/C30H34N4O5/c1-6-34-24-10-9-21(17-25(24)31(5)28(36)30(3,4)29(34)37)18-32(19-22-8-7-15-38-22)13-14-33-12-11-26-23(27(33)35)16-20(2)39-26/h7-12,15-17H,6,13-14,18-19H2,1-5H3. The fourth-order valence-electron chi connectivity index (χ4n) is 5.27. The summed E-state index contributed by atoms with van der Waals surface area (Å²) < 4.78 is 12.9. The number of hydrogen-bond acceptors (Lipinski definition) is 6. The fraction of sp³-hybridized carbons (Fsp3) is 0.367. The molecule has 2 amide bonds. The molecule has 0 radical (unpaired) electrons. The smallest absolute Gasteiger partial charge is 0.261 e. The Balaban J connectivity index is 1.43. The van der Waals surface area contributed by atoms with Crippen LogP contribution in [-0.4, -0.2) is 41.4 Å². The van der Waals surface area contributed by atoms with Crippen LogP contribution in [0.15, 0.2) is 68.6 Å². The molecule has 0 spiro atoms. The molecule has 1 aliphatic heterocycles. The molecule has 5 rings (SSSR count). The maximum atomic E-state index is 13.2. The molecule has 0 atom stereocenters. The van der Waals surface area contributed by atoms with Gasteiger partial charge in [0.05, 0.1) is 29.6 Å². The van der Waals surface area contributed by atoms with Gasteiger partial charge in [0.25, 0.3) is 5.56 Å². The Morgan fingerprint density at radius 2 is 1.77 bits per heavy atom. The zero-order chi connectivity index (χ0) is 27.9. The third kappa shape index (κ3) is 4.90. The molecular weight excluding hydrogens is 496 g/mol. The van der Waals surface area contributed by atoms with Crippen molar-refractivity contribution in [3.63, 3.8) is 0 Å². The van der Waals surface area contributed by atoms with Crippen molar-refractivity contribution in [1.29, 1.82) is 0 Å². The first kappa shape index (κ1) is 26.5. The predicted octanol–water partition coefficient (Wildman–Crippen LogP) is 4.55. The van der Waals surface area contributed by atoms with E-state index in [4.69, 9.17) is 8.83 Å². The normalized spacial score (nSPS) is 15.3. The molecule has 0 fully saturated rings. The van der Waals surface area contributed by atoms with E-state index in [0.717, 1.165) is 17.0 Å². The van der Waals surface area contributed by atoms with Crippen molar-refractivity contribution >= 4 is 34.2 Å². The van der Waals surface area contributed by atoms with Crippen molar-refractivity contribution < 1.29 is 18.4 Å². The van der Waals surface area contributed by atoms with E-state index >= 15 is 0 Å². The van der Waals surface area contributed by atoms with Gasteiger partial charge in [0.1, 0.15) is 22.5 Å². The molecule has 0 bridgehead atoms. The maximum Gasteiger partial charge on any atom is 0.261 e. The molecule has 4 heterocycles. The summed E-state index contributed by atoms with van der Waals surface area (Å²) >= 11 is 0. The van der Waals surface area contributed by atoms with E-state index in [9.17, 15) is 14.4 Å². The lowest BCUT2D eigenvalue weighted by Crippen LogP contribution is -2.47. The summed E-state index contributed by atoms with van der Waals surface area (Å²) in [4.78, 5) is 45.0. The summed E-state index contributed by atoms with van der Waals surface area (Å²) in [6.07, 6.45) is 3.41. The topological polar surface area (TPSA) is 92.1 Å². The highest BCUT2D eigenvalue weighted by molar-refractivity contribution is 6.19. The molecule has 1 aromatic carbocycles. The second kappa shape index (κ2) is 10.2. The number of fused-ring (bicyclic) bond motifs is 2. The molecule has 0 saturated heterocycles. The average molecular weight is 531 g/mol. The SMILES string of the molecule is CCN1C(=O)C(C)(C)C(=O)N(C)c2cc(CN(CCn3ccc4oc(C)cc4c3=O)Cc3ccco3)ccc21. The highest BCUT2D eigenvalue weighted by atomic mass is 16.3. The molecule has 1 aliphatic rings. The molecule has 9 nitrogen and oxygen atoms in total. The first-order valence-corrected chi connectivity index (χ1v) is 13.2. The molecular formula is C30H34N4O5. The molecule has 0 saturated carbocycles. The Morgan fingerprint density at radius 1 is 0.974 bits per heavy atom. The van der Waals surface area contributed by atoms with Crippen LogP contribution in [0.4, 0.5) is 11.4 Å². The highest BCUT2D eigenvalue weighted by Gasteiger charge is 2.45. The summed E-state index contributed by atoms with van der Waals surface area (Å²) in [5.74, 6) is 1.08. The van der Waals surface area contributed by atoms with Crippen molar-refractivity contribution in [2.24, 2.45) is 5.41 Å². The first-order valence-electron chi connectivity index (χ1n) is 13.2. The number of aromatic nitrogens is 1. The quantitative estimate of drug-likeness (QED) is 0.310.